The third-order valence-corrected chi connectivity index (χ3v) is 4.38. The summed E-state index contributed by atoms with van der Waals surface area (Å²) in [5.41, 5.74) is 9.26. The monoisotopic (exact) mass is 258 g/mol. The van der Waals surface area contributed by atoms with Crippen molar-refractivity contribution in [3.63, 3.8) is 0 Å². The fourth-order valence-electron chi connectivity index (χ4n) is 2.92. The van der Waals surface area contributed by atoms with Crippen LogP contribution in [0.3, 0.4) is 0 Å². The zero-order valence-corrected chi connectivity index (χ0v) is 11.8. The van der Waals surface area contributed by atoms with Gasteiger partial charge in [-0.05, 0) is 25.2 Å². The van der Waals surface area contributed by atoms with Gasteiger partial charge in [0.25, 0.3) is 0 Å². The molecule has 3 rings (SSSR count). The Morgan fingerprint density at radius 2 is 2.11 bits per heavy atom. The average molecular weight is 258 g/mol. The van der Waals surface area contributed by atoms with Gasteiger partial charge in [-0.2, -0.15) is 9.61 Å². The number of hydrogen-bond acceptors (Lipinski definition) is 3. The minimum atomic E-state index is 0.442. The first-order chi connectivity index (χ1) is 9.19. The quantitative estimate of drug-likeness (QED) is 0.917. The van der Waals surface area contributed by atoms with Crippen LogP contribution >= 0.6 is 0 Å². The van der Waals surface area contributed by atoms with Crippen molar-refractivity contribution in [3.8, 4) is 0 Å². The third kappa shape index (κ3) is 2.20. The van der Waals surface area contributed by atoms with E-state index in [4.69, 9.17) is 10.7 Å². The zero-order valence-electron chi connectivity index (χ0n) is 11.8. The second-order valence-corrected chi connectivity index (χ2v) is 5.74. The molecule has 1 fully saturated rings. The Bertz CT molecular complexity index is 581. The number of nitrogens with two attached hydrogens (primary N) is 1. The highest BCUT2D eigenvalue weighted by Gasteiger charge is 2.21. The normalized spacial score (nSPS) is 18.2. The van der Waals surface area contributed by atoms with Crippen LogP contribution in [0.15, 0.2) is 12.1 Å². The number of fused-ring (bicyclic) bond motifs is 1. The van der Waals surface area contributed by atoms with Crippen LogP contribution in [0, 0.1) is 0 Å². The zero-order chi connectivity index (χ0) is 13.4. The molecule has 2 aromatic heterocycles. The van der Waals surface area contributed by atoms with Gasteiger partial charge in [-0.3, -0.25) is 0 Å². The van der Waals surface area contributed by atoms with Crippen LogP contribution in [-0.4, -0.2) is 14.6 Å². The SMILES string of the molecule is CCC(C)c1cc(N)n2nc(C3CCCC3)cc2n1. The molecule has 1 aliphatic carbocycles. The number of rotatable bonds is 3. The molecule has 4 heteroatoms. The second kappa shape index (κ2) is 4.83. The number of aromatic nitrogens is 3. The molecule has 0 saturated heterocycles. The molecular weight excluding hydrogens is 236 g/mol. The van der Waals surface area contributed by atoms with Gasteiger partial charge in [-0.15, -0.1) is 0 Å². The molecular formula is C15H22N4. The van der Waals surface area contributed by atoms with Crippen LogP contribution < -0.4 is 5.73 Å². The number of hydrogen-bond donors (Lipinski definition) is 1. The molecule has 0 aliphatic heterocycles. The van der Waals surface area contributed by atoms with Crippen LogP contribution in [0.5, 0.6) is 0 Å². The molecule has 19 heavy (non-hydrogen) atoms. The van der Waals surface area contributed by atoms with Crippen molar-refractivity contribution in [3.05, 3.63) is 23.5 Å². The summed E-state index contributed by atoms with van der Waals surface area (Å²) in [5, 5.41) is 4.65. The fourth-order valence-corrected chi connectivity index (χ4v) is 2.92. The van der Waals surface area contributed by atoms with E-state index in [1.54, 1.807) is 4.52 Å². The van der Waals surface area contributed by atoms with E-state index in [0.29, 0.717) is 17.7 Å². The molecule has 1 saturated carbocycles. The van der Waals surface area contributed by atoms with E-state index in [0.717, 1.165) is 23.5 Å². The molecule has 2 aromatic rings. The molecule has 2 N–H and O–H groups in total. The second-order valence-electron chi connectivity index (χ2n) is 5.74. The Hall–Kier alpha value is -1.58. The molecule has 102 valence electrons. The van der Waals surface area contributed by atoms with Gasteiger partial charge in [0, 0.05) is 23.7 Å². The van der Waals surface area contributed by atoms with Crippen LogP contribution in [-0.2, 0) is 0 Å². The lowest BCUT2D eigenvalue weighted by Gasteiger charge is -2.09. The predicted molar refractivity (Wildman–Crippen MR) is 77.3 cm³/mol. The van der Waals surface area contributed by atoms with Gasteiger partial charge in [-0.1, -0.05) is 26.7 Å². The molecule has 4 nitrogen and oxygen atoms in total. The van der Waals surface area contributed by atoms with Crippen LogP contribution in [0.2, 0.25) is 0 Å². The molecule has 1 unspecified atom stereocenters. The van der Waals surface area contributed by atoms with Gasteiger partial charge in [0.2, 0.25) is 0 Å². The van der Waals surface area contributed by atoms with E-state index in [1.165, 1.54) is 25.7 Å². The van der Waals surface area contributed by atoms with Crippen molar-refractivity contribution in [2.24, 2.45) is 0 Å². The lowest BCUT2D eigenvalue weighted by molar-refractivity contribution is 0.683. The van der Waals surface area contributed by atoms with Crippen molar-refractivity contribution in [1.82, 2.24) is 14.6 Å². The Morgan fingerprint density at radius 3 is 2.79 bits per heavy atom. The predicted octanol–water partition coefficient (Wildman–Crippen LogP) is 3.48. The highest BCUT2D eigenvalue weighted by atomic mass is 15.3. The van der Waals surface area contributed by atoms with E-state index in [2.05, 4.69) is 25.0 Å². The van der Waals surface area contributed by atoms with E-state index in [9.17, 15) is 0 Å². The standard InChI is InChI=1S/C15H22N4/c1-3-10(2)12-8-14(16)19-15(17-12)9-13(18-19)11-6-4-5-7-11/h8-11H,3-7,16H2,1-2H3. The van der Waals surface area contributed by atoms with E-state index < -0.39 is 0 Å². The lowest BCUT2D eigenvalue weighted by Crippen LogP contribution is -2.05. The highest BCUT2D eigenvalue weighted by Crippen LogP contribution is 2.34. The van der Waals surface area contributed by atoms with Crippen molar-refractivity contribution in [1.29, 1.82) is 0 Å². The minimum Gasteiger partial charge on any atom is -0.384 e. The Kier molecular flexibility index (Phi) is 3.17. The molecule has 1 atom stereocenters. The third-order valence-electron chi connectivity index (χ3n) is 4.38. The van der Waals surface area contributed by atoms with E-state index in [-0.39, 0.29) is 0 Å². The highest BCUT2D eigenvalue weighted by molar-refractivity contribution is 5.49. The first-order valence-electron chi connectivity index (χ1n) is 7.35. The summed E-state index contributed by atoms with van der Waals surface area (Å²) < 4.78 is 1.79. The summed E-state index contributed by atoms with van der Waals surface area (Å²) in [6.07, 6.45) is 6.22. The van der Waals surface area contributed by atoms with Crippen molar-refractivity contribution >= 4 is 11.5 Å². The average Bonchev–Trinajstić information content (AvgIpc) is 3.05. The Balaban J connectivity index is 2.04. The van der Waals surface area contributed by atoms with Crippen LogP contribution in [0.1, 0.15) is 69.2 Å². The summed E-state index contributed by atoms with van der Waals surface area (Å²) in [5.74, 6) is 1.75. The first kappa shape index (κ1) is 12.5. The molecule has 0 amide bonds. The fraction of sp³-hybridized carbons (Fsp3) is 0.600. The van der Waals surface area contributed by atoms with Gasteiger partial charge >= 0.3 is 0 Å². The van der Waals surface area contributed by atoms with Gasteiger partial charge < -0.3 is 5.73 Å². The lowest BCUT2D eigenvalue weighted by atomic mass is 10.0. The smallest absolute Gasteiger partial charge is 0.157 e. The molecule has 1 aliphatic rings. The summed E-state index contributed by atoms with van der Waals surface area (Å²) in [6, 6.07) is 4.09. The number of nitrogen functional groups attached to an aromatic ring is 1. The van der Waals surface area contributed by atoms with Crippen LogP contribution in [0.25, 0.3) is 5.65 Å². The minimum absolute atomic E-state index is 0.442. The van der Waals surface area contributed by atoms with Gasteiger partial charge in [0.05, 0.1) is 5.69 Å². The van der Waals surface area contributed by atoms with E-state index in [1.807, 2.05) is 6.07 Å². The summed E-state index contributed by atoms with van der Waals surface area (Å²) in [6.45, 7) is 4.36. The maximum atomic E-state index is 6.12. The number of anilines is 1. The maximum Gasteiger partial charge on any atom is 0.157 e. The molecule has 0 bridgehead atoms. The van der Waals surface area contributed by atoms with Crippen LogP contribution in [0.4, 0.5) is 5.82 Å². The van der Waals surface area contributed by atoms with Crippen molar-refractivity contribution in [2.75, 3.05) is 5.73 Å². The van der Waals surface area contributed by atoms with Gasteiger partial charge in [0.1, 0.15) is 5.82 Å². The molecule has 0 radical (unpaired) electrons. The molecule has 0 aromatic carbocycles. The Labute approximate surface area is 114 Å². The summed E-state index contributed by atoms with van der Waals surface area (Å²) in [7, 11) is 0. The van der Waals surface area contributed by atoms with Gasteiger partial charge in [-0.25, -0.2) is 4.98 Å². The largest absolute Gasteiger partial charge is 0.384 e. The van der Waals surface area contributed by atoms with E-state index >= 15 is 0 Å². The van der Waals surface area contributed by atoms with Crippen molar-refractivity contribution < 1.29 is 0 Å². The topological polar surface area (TPSA) is 56.2 Å². The summed E-state index contributed by atoms with van der Waals surface area (Å²) >= 11 is 0. The first-order valence-corrected chi connectivity index (χ1v) is 7.35. The summed E-state index contributed by atoms with van der Waals surface area (Å²) in [4.78, 5) is 4.72. The molecule has 2 heterocycles. The van der Waals surface area contributed by atoms with Crippen molar-refractivity contribution in [2.45, 2.75) is 57.8 Å². The molecule has 0 spiro atoms. The van der Waals surface area contributed by atoms with Gasteiger partial charge in [0.15, 0.2) is 5.65 Å². The Morgan fingerprint density at radius 1 is 1.37 bits per heavy atom. The maximum absolute atomic E-state index is 6.12. The number of nitrogens with zero attached hydrogens (tertiary/aromatic N) is 3.